The van der Waals surface area contributed by atoms with E-state index < -0.39 is 16.1 Å². The summed E-state index contributed by atoms with van der Waals surface area (Å²) in [5.41, 5.74) is 1.19. The van der Waals surface area contributed by atoms with Crippen molar-refractivity contribution in [3.8, 4) is 0 Å². The molecule has 3 N–H and O–H groups in total. The number of nitrogens with one attached hydrogen (secondary N) is 3. The number of carbonyl (C=O) groups is 1. The molecule has 1 unspecified atom stereocenters. The predicted octanol–water partition coefficient (Wildman–Crippen LogP) is 3.58. The summed E-state index contributed by atoms with van der Waals surface area (Å²) in [7, 11) is -2.35. The molecule has 0 bridgehead atoms. The molecule has 3 heterocycles. The number of nitrogens with zero attached hydrogens (tertiary/aromatic N) is 6. The minimum absolute atomic E-state index is 0. The number of aryl methyl sites for hydroxylation is 1. The average molecular weight is 574 g/mol. The van der Waals surface area contributed by atoms with Crippen molar-refractivity contribution in [3.63, 3.8) is 0 Å². The van der Waals surface area contributed by atoms with Crippen LogP contribution in [0.1, 0.15) is 45.7 Å². The molecule has 3 aromatic heterocycles. The standard InChI is InChI=1S/C24H29N9O3S.CH4.H2S/c1-14-5-9-18(10-6-14)37(35,36)33-12-11-19-21(26-15(2)17-7-8-17)28-24(29-22(19)33)27-20-13-32(31-30-20)16(3)23(34)25-4;;/h5-6,9-13,15-17H,7-8H2,1-4H3,(H,25,34)(H2,26,27,28,29);1H4;1H2/t15-,16?;;/m0../s1. The van der Waals surface area contributed by atoms with Gasteiger partial charge in [-0.25, -0.2) is 17.1 Å². The highest BCUT2D eigenvalue weighted by atomic mass is 32.2. The lowest BCUT2D eigenvalue weighted by atomic mass is 10.2. The fourth-order valence-corrected chi connectivity index (χ4v) is 5.37. The van der Waals surface area contributed by atoms with Crippen molar-refractivity contribution in [1.29, 1.82) is 0 Å². The maximum atomic E-state index is 13.5. The fraction of sp³-hybridized carbons (Fsp3) is 0.400. The Balaban J connectivity index is 0.00000210. The molecule has 1 aliphatic rings. The van der Waals surface area contributed by atoms with Crippen molar-refractivity contribution in [2.24, 2.45) is 5.92 Å². The lowest BCUT2D eigenvalue weighted by molar-refractivity contribution is -0.123. The molecule has 210 valence electrons. The van der Waals surface area contributed by atoms with Gasteiger partial charge in [0.05, 0.1) is 16.5 Å². The Bertz CT molecular complexity index is 1560. The first-order valence-corrected chi connectivity index (χ1v) is 13.5. The van der Waals surface area contributed by atoms with E-state index in [0.717, 1.165) is 22.4 Å². The molecule has 1 amide bonds. The van der Waals surface area contributed by atoms with E-state index in [9.17, 15) is 13.2 Å². The highest BCUT2D eigenvalue weighted by Crippen LogP contribution is 2.35. The van der Waals surface area contributed by atoms with Crippen LogP contribution in [0, 0.1) is 12.8 Å². The van der Waals surface area contributed by atoms with Gasteiger partial charge >= 0.3 is 0 Å². The van der Waals surface area contributed by atoms with Gasteiger partial charge in [-0.15, -0.1) is 5.10 Å². The van der Waals surface area contributed by atoms with E-state index in [1.165, 1.54) is 10.9 Å². The van der Waals surface area contributed by atoms with Gasteiger partial charge in [0, 0.05) is 19.3 Å². The third-order valence-corrected chi connectivity index (χ3v) is 8.24. The van der Waals surface area contributed by atoms with Crippen LogP contribution in [0.15, 0.2) is 47.6 Å². The Hall–Kier alpha value is -3.65. The Morgan fingerprint density at radius 1 is 1.10 bits per heavy atom. The first kappa shape index (κ1) is 29.9. The minimum Gasteiger partial charge on any atom is -0.367 e. The molecule has 12 nitrogen and oxygen atoms in total. The van der Waals surface area contributed by atoms with Crippen molar-refractivity contribution in [2.45, 2.75) is 58.0 Å². The molecule has 2 atom stereocenters. The molecular formula is C25H35N9O3S2. The van der Waals surface area contributed by atoms with Crippen LogP contribution in [-0.4, -0.2) is 56.3 Å². The second-order valence-electron chi connectivity index (χ2n) is 9.33. The van der Waals surface area contributed by atoms with E-state index in [-0.39, 0.29) is 49.4 Å². The van der Waals surface area contributed by atoms with E-state index in [4.69, 9.17) is 0 Å². The van der Waals surface area contributed by atoms with E-state index in [2.05, 4.69) is 43.2 Å². The summed E-state index contributed by atoms with van der Waals surface area (Å²) in [6.07, 6.45) is 5.34. The number of carbonyl (C=O) groups excluding carboxylic acids is 1. The quantitative estimate of drug-likeness (QED) is 0.273. The van der Waals surface area contributed by atoms with Crippen LogP contribution >= 0.6 is 13.5 Å². The molecule has 0 spiro atoms. The highest BCUT2D eigenvalue weighted by Gasteiger charge is 2.29. The number of benzene rings is 1. The van der Waals surface area contributed by atoms with Gasteiger partial charge in [-0.3, -0.25) is 4.79 Å². The molecule has 0 aliphatic heterocycles. The number of aromatic nitrogens is 6. The molecule has 39 heavy (non-hydrogen) atoms. The molecule has 0 saturated heterocycles. The van der Waals surface area contributed by atoms with Gasteiger partial charge in [-0.1, -0.05) is 30.3 Å². The second-order valence-corrected chi connectivity index (χ2v) is 11.1. The van der Waals surface area contributed by atoms with Crippen LogP contribution in [-0.2, 0) is 14.8 Å². The molecular weight excluding hydrogens is 538 g/mol. The number of hydrogen-bond acceptors (Lipinski definition) is 9. The molecule has 1 saturated carbocycles. The number of rotatable bonds is 9. The van der Waals surface area contributed by atoms with Crippen molar-refractivity contribution in [1.82, 2.24) is 34.3 Å². The fourth-order valence-electron chi connectivity index (χ4n) is 4.07. The number of anilines is 3. The van der Waals surface area contributed by atoms with Crippen LogP contribution in [0.5, 0.6) is 0 Å². The van der Waals surface area contributed by atoms with Gasteiger partial charge in [0.2, 0.25) is 11.9 Å². The summed E-state index contributed by atoms with van der Waals surface area (Å²) in [6, 6.07) is 7.98. The molecule has 0 radical (unpaired) electrons. The van der Waals surface area contributed by atoms with Gasteiger partial charge < -0.3 is 16.0 Å². The van der Waals surface area contributed by atoms with Gasteiger partial charge in [-0.05, 0) is 57.7 Å². The van der Waals surface area contributed by atoms with Crippen LogP contribution in [0.25, 0.3) is 11.0 Å². The van der Waals surface area contributed by atoms with Crippen molar-refractivity contribution >= 4 is 58.0 Å². The Morgan fingerprint density at radius 3 is 2.44 bits per heavy atom. The van der Waals surface area contributed by atoms with Crippen molar-refractivity contribution in [3.05, 3.63) is 48.3 Å². The van der Waals surface area contributed by atoms with Crippen LogP contribution in [0.4, 0.5) is 17.6 Å². The maximum absolute atomic E-state index is 13.5. The van der Waals surface area contributed by atoms with E-state index >= 15 is 0 Å². The topological polar surface area (TPSA) is 149 Å². The van der Waals surface area contributed by atoms with E-state index in [0.29, 0.717) is 22.9 Å². The summed E-state index contributed by atoms with van der Waals surface area (Å²) in [5, 5.41) is 17.7. The average Bonchev–Trinajstić information content (AvgIpc) is 3.48. The largest absolute Gasteiger partial charge is 0.367 e. The van der Waals surface area contributed by atoms with Gasteiger partial charge in [0.15, 0.2) is 11.5 Å². The number of hydrogen-bond donors (Lipinski definition) is 3. The summed E-state index contributed by atoms with van der Waals surface area (Å²) in [5.74, 6) is 1.32. The predicted molar refractivity (Wildman–Crippen MR) is 156 cm³/mol. The third kappa shape index (κ3) is 6.01. The van der Waals surface area contributed by atoms with Crippen LogP contribution < -0.4 is 16.0 Å². The molecule has 1 aliphatic carbocycles. The normalized spacial score (nSPS) is 14.6. The lowest BCUT2D eigenvalue weighted by Crippen LogP contribution is -2.28. The minimum atomic E-state index is -3.90. The van der Waals surface area contributed by atoms with Gasteiger partial charge in [0.1, 0.15) is 11.9 Å². The number of fused-ring (bicyclic) bond motifs is 1. The zero-order chi connectivity index (χ0) is 26.3. The summed E-state index contributed by atoms with van der Waals surface area (Å²) >= 11 is 0. The number of amides is 1. The molecule has 1 aromatic carbocycles. The monoisotopic (exact) mass is 573 g/mol. The zero-order valence-corrected chi connectivity index (χ0v) is 23.3. The summed E-state index contributed by atoms with van der Waals surface area (Å²) < 4.78 is 29.6. The van der Waals surface area contributed by atoms with Crippen LogP contribution in [0.2, 0.25) is 0 Å². The third-order valence-electron chi connectivity index (χ3n) is 6.55. The maximum Gasteiger partial charge on any atom is 0.269 e. The Labute approximate surface area is 235 Å². The van der Waals surface area contributed by atoms with Crippen molar-refractivity contribution in [2.75, 3.05) is 17.7 Å². The SMILES string of the molecule is C.CNC(=O)C(C)n1cc(Nc2nc(N[C@@H](C)C3CC3)c3ccn(S(=O)(=O)c4ccc(C)cc4)c3n2)nn1.S. The first-order chi connectivity index (χ1) is 17.7. The molecule has 4 aromatic rings. The Morgan fingerprint density at radius 2 is 1.79 bits per heavy atom. The molecule has 14 heteroatoms. The van der Waals surface area contributed by atoms with Gasteiger partial charge in [0.25, 0.3) is 10.0 Å². The van der Waals surface area contributed by atoms with Crippen molar-refractivity contribution < 1.29 is 13.2 Å². The molecule has 5 rings (SSSR count). The first-order valence-electron chi connectivity index (χ1n) is 12.1. The summed E-state index contributed by atoms with van der Waals surface area (Å²) in [4.78, 5) is 21.3. The number of likely N-dealkylation sites (N-methyl/N-ethyl adjacent to an activating group) is 1. The Kier molecular flexibility index (Phi) is 8.91. The lowest BCUT2D eigenvalue weighted by Gasteiger charge is -2.16. The van der Waals surface area contributed by atoms with Crippen LogP contribution in [0.3, 0.4) is 0 Å². The molecule has 1 fully saturated rings. The van der Waals surface area contributed by atoms with E-state index in [1.807, 2.05) is 6.92 Å². The van der Waals surface area contributed by atoms with Gasteiger partial charge in [-0.2, -0.15) is 23.5 Å². The summed E-state index contributed by atoms with van der Waals surface area (Å²) in [6.45, 7) is 5.69. The second kappa shape index (κ2) is 11.6. The highest BCUT2D eigenvalue weighted by molar-refractivity contribution is 7.90. The zero-order valence-electron chi connectivity index (χ0n) is 21.5. The smallest absolute Gasteiger partial charge is 0.269 e. The van der Waals surface area contributed by atoms with E-state index in [1.54, 1.807) is 50.5 Å².